The fraction of sp³-hybridized carbons (Fsp3) is 0.857. The monoisotopic (exact) mass is 251 g/mol. The van der Waals surface area contributed by atoms with Crippen molar-refractivity contribution in [3.8, 4) is 0 Å². The van der Waals surface area contributed by atoms with Crippen molar-refractivity contribution in [2.75, 3.05) is 0 Å². The molecule has 100 valence electrons. The molecule has 2 N–H and O–H groups in total. The van der Waals surface area contributed by atoms with Gasteiger partial charge in [0, 0.05) is 12.5 Å². The third kappa shape index (κ3) is 2.25. The Bertz CT molecular complexity index is 338. The Morgan fingerprint density at radius 2 is 1.50 bits per heavy atom. The van der Waals surface area contributed by atoms with Crippen molar-refractivity contribution >= 4 is 11.9 Å². The van der Waals surface area contributed by atoms with Crippen LogP contribution < -0.4 is 5.32 Å². The van der Waals surface area contributed by atoms with Crippen LogP contribution in [0.15, 0.2) is 0 Å². The van der Waals surface area contributed by atoms with Crippen molar-refractivity contribution in [1.29, 1.82) is 0 Å². The molecule has 0 heterocycles. The van der Waals surface area contributed by atoms with Crippen LogP contribution in [0.2, 0.25) is 0 Å². The lowest BCUT2D eigenvalue weighted by atomic mass is 9.54. The van der Waals surface area contributed by atoms with E-state index in [9.17, 15) is 9.59 Å². The van der Waals surface area contributed by atoms with Crippen molar-refractivity contribution in [1.82, 2.24) is 5.32 Å². The van der Waals surface area contributed by atoms with E-state index in [0.29, 0.717) is 17.9 Å². The zero-order valence-electron chi connectivity index (χ0n) is 10.6. The van der Waals surface area contributed by atoms with Crippen LogP contribution in [0.3, 0.4) is 0 Å². The molecule has 18 heavy (non-hydrogen) atoms. The van der Waals surface area contributed by atoms with E-state index in [0.717, 1.165) is 11.8 Å². The minimum atomic E-state index is -0.893. The maximum absolute atomic E-state index is 11.8. The molecular weight excluding hydrogens is 230 g/mol. The molecule has 0 unspecified atom stereocenters. The minimum absolute atomic E-state index is 0.0564. The Morgan fingerprint density at radius 1 is 0.944 bits per heavy atom. The molecule has 0 aromatic rings. The van der Waals surface area contributed by atoms with Crippen LogP contribution in [0.4, 0.5) is 0 Å². The summed E-state index contributed by atoms with van der Waals surface area (Å²) in [5.41, 5.74) is 0. The number of amides is 1. The van der Waals surface area contributed by atoms with E-state index in [4.69, 9.17) is 5.11 Å². The first-order valence-corrected chi connectivity index (χ1v) is 7.13. The van der Waals surface area contributed by atoms with Gasteiger partial charge in [0.2, 0.25) is 5.91 Å². The SMILES string of the molecule is O=C(O)CCC(=O)NC1C2CC3CC(C2)CC1C3. The summed E-state index contributed by atoms with van der Waals surface area (Å²) in [6.45, 7) is 0. The summed E-state index contributed by atoms with van der Waals surface area (Å²) in [7, 11) is 0. The standard InChI is InChI=1S/C14H21NO3/c16-12(1-2-13(17)18)15-14-10-4-8-3-9(6-10)7-11(14)5-8/h8-11,14H,1-7H2,(H,15,16)(H,17,18). The Hall–Kier alpha value is -1.06. The van der Waals surface area contributed by atoms with Crippen LogP contribution in [0.1, 0.15) is 44.9 Å². The van der Waals surface area contributed by atoms with Crippen LogP contribution >= 0.6 is 0 Å². The van der Waals surface area contributed by atoms with Crippen LogP contribution in [0.25, 0.3) is 0 Å². The molecule has 0 saturated heterocycles. The van der Waals surface area contributed by atoms with Crippen LogP contribution in [0.5, 0.6) is 0 Å². The molecule has 0 spiro atoms. The number of aliphatic carboxylic acids is 1. The van der Waals surface area contributed by atoms with Crippen LogP contribution in [-0.2, 0) is 9.59 Å². The maximum Gasteiger partial charge on any atom is 0.303 e. The highest BCUT2D eigenvalue weighted by Crippen LogP contribution is 2.53. The van der Waals surface area contributed by atoms with Crippen molar-refractivity contribution in [3.05, 3.63) is 0 Å². The van der Waals surface area contributed by atoms with Crippen LogP contribution in [0, 0.1) is 23.7 Å². The molecule has 0 radical (unpaired) electrons. The van der Waals surface area contributed by atoms with E-state index in [1.807, 2.05) is 0 Å². The van der Waals surface area contributed by atoms with Gasteiger partial charge in [0.1, 0.15) is 0 Å². The second-order valence-corrected chi connectivity index (χ2v) is 6.42. The zero-order chi connectivity index (χ0) is 12.7. The molecule has 4 aliphatic rings. The van der Waals surface area contributed by atoms with E-state index in [2.05, 4.69) is 5.32 Å². The summed E-state index contributed by atoms with van der Waals surface area (Å²) in [6, 6.07) is 0.332. The third-order valence-corrected chi connectivity index (χ3v) is 5.12. The Morgan fingerprint density at radius 3 is 2.00 bits per heavy atom. The van der Waals surface area contributed by atoms with E-state index in [1.54, 1.807) is 0 Å². The number of nitrogens with one attached hydrogen (secondary N) is 1. The fourth-order valence-corrected chi connectivity index (χ4v) is 4.64. The first kappa shape index (κ1) is 12.0. The van der Waals surface area contributed by atoms with Gasteiger partial charge in [-0.05, 0) is 55.8 Å². The molecule has 0 aromatic heterocycles. The molecule has 4 saturated carbocycles. The molecule has 4 bridgehead atoms. The summed E-state index contributed by atoms with van der Waals surface area (Å²) < 4.78 is 0. The zero-order valence-corrected chi connectivity index (χ0v) is 10.6. The molecule has 4 rings (SSSR count). The number of carboxylic acids is 1. The van der Waals surface area contributed by atoms with Crippen molar-refractivity contribution in [2.45, 2.75) is 51.0 Å². The van der Waals surface area contributed by atoms with E-state index >= 15 is 0 Å². The average Bonchev–Trinajstić information content (AvgIpc) is 2.30. The Balaban J connectivity index is 1.57. The van der Waals surface area contributed by atoms with Gasteiger partial charge in [-0.2, -0.15) is 0 Å². The van der Waals surface area contributed by atoms with Gasteiger partial charge >= 0.3 is 5.97 Å². The highest BCUT2D eigenvalue weighted by Gasteiger charge is 2.48. The smallest absolute Gasteiger partial charge is 0.303 e. The summed E-state index contributed by atoms with van der Waals surface area (Å²) in [5.74, 6) is 2.16. The lowest BCUT2D eigenvalue weighted by Crippen LogP contribution is -2.55. The van der Waals surface area contributed by atoms with E-state index < -0.39 is 5.97 Å². The summed E-state index contributed by atoms with van der Waals surface area (Å²) in [6.07, 6.45) is 6.57. The van der Waals surface area contributed by atoms with Gasteiger partial charge in [0.15, 0.2) is 0 Å². The second kappa shape index (κ2) is 4.56. The van der Waals surface area contributed by atoms with Gasteiger partial charge in [-0.3, -0.25) is 9.59 Å². The molecule has 1 amide bonds. The lowest BCUT2D eigenvalue weighted by molar-refractivity contribution is -0.139. The van der Waals surface area contributed by atoms with Gasteiger partial charge < -0.3 is 10.4 Å². The average molecular weight is 251 g/mol. The highest BCUT2D eigenvalue weighted by molar-refractivity contribution is 5.80. The number of carbonyl (C=O) groups excluding carboxylic acids is 1. The van der Waals surface area contributed by atoms with Gasteiger partial charge in [-0.1, -0.05) is 0 Å². The number of carboxylic acid groups (broad SMARTS) is 1. The van der Waals surface area contributed by atoms with E-state index in [-0.39, 0.29) is 18.7 Å². The largest absolute Gasteiger partial charge is 0.481 e. The lowest BCUT2D eigenvalue weighted by Gasteiger charge is -2.54. The maximum atomic E-state index is 11.8. The molecule has 0 aliphatic heterocycles. The molecular formula is C14H21NO3. The Labute approximate surface area is 107 Å². The van der Waals surface area contributed by atoms with Crippen molar-refractivity contribution in [3.63, 3.8) is 0 Å². The summed E-state index contributed by atoms with van der Waals surface area (Å²) in [4.78, 5) is 22.2. The summed E-state index contributed by atoms with van der Waals surface area (Å²) >= 11 is 0. The molecule has 0 atom stereocenters. The molecule has 4 nitrogen and oxygen atoms in total. The van der Waals surface area contributed by atoms with Crippen LogP contribution in [-0.4, -0.2) is 23.0 Å². The molecule has 4 fully saturated rings. The van der Waals surface area contributed by atoms with Gasteiger partial charge in [0.25, 0.3) is 0 Å². The third-order valence-electron chi connectivity index (χ3n) is 5.12. The minimum Gasteiger partial charge on any atom is -0.481 e. The van der Waals surface area contributed by atoms with Gasteiger partial charge in [-0.25, -0.2) is 0 Å². The predicted molar refractivity (Wildman–Crippen MR) is 65.8 cm³/mol. The fourth-order valence-electron chi connectivity index (χ4n) is 4.64. The molecule has 4 heteroatoms. The van der Waals surface area contributed by atoms with Gasteiger partial charge in [0.05, 0.1) is 6.42 Å². The Kier molecular flexibility index (Phi) is 3.04. The number of carbonyl (C=O) groups is 2. The topological polar surface area (TPSA) is 66.4 Å². The molecule has 4 aliphatic carbocycles. The normalized spacial score (nSPS) is 40.8. The van der Waals surface area contributed by atoms with Crippen molar-refractivity contribution in [2.24, 2.45) is 23.7 Å². The first-order chi connectivity index (χ1) is 8.61. The predicted octanol–water partition coefficient (Wildman–Crippen LogP) is 1.79. The quantitative estimate of drug-likeness (QED) is 0.800. The second-order valence-electron chi connectivity index (χ2n) is 6.42. The highest BCUT2D eigenvalue weighted by atomic mass is 16.4. The summed E-state index contributed by atoms with van der Waals surface area (Å²) in [5, 5.41) is 11.7. The van der Waals surface area contributed by atoms with Crippen molar-refractivity contribution < 1.29 is 14.7 Å². The number of hydrogen-bond donors (Lipinski definition) is 2. The van der Waals surface area contributed by atoms with E-state index in [1.165, 1.54) is 32.1 Å². The van der Waals surface area contributed by atoms with Gasteiger partial charge in [-0.15, -0.1) is 0 Å². The number of rotatable bonds is 4. The first-order valence-electron chi connectivity index (χ1n) is 7.13. The molecule has 0 aromatic carbocycles. The number of hydrogen-bond acceptors (Lipinski definition) is 2.